The molecule has 29 heavy (non-hydrogen) atoms. The molecule has 0 aliphatic heterocycles. The second-order valence-electron chi connectivity index (χ2n) is 6.74. The summed E-state index contributed by atoms with van der Waals surface area (Å²) in [5.74, 6) is -0.274. The third-order valence-electron chi connectivity index (χ3n) is 4.49. The van der Waals surface area contributed by atoms with Crippen LogP contribution in [0.15, 0.2) is 60.7 Å². The number of nitrogens with one attached hydrogen (secondary N) is 1. The maximum absolute atomic E-state index is 12.4. The highest BCUT2D eigenvalue weighted by Gasteiger charge is 2.13. The first-order chi connectivity index (χ1) is 14.2. The van der Waals surface area contributed by atoms with Crippen LogP contribution in [0, 0.1) is 0 Å². The van der Waals surface area contributed by atoms with Crippen LogP contribution in [0.25, 0.3) is 0 Å². The quantitative estimate of drug-likeness (QED) is 0.426. The molecule has 2 aromatic rings. The van der Waals surface area contributed by atoms with Crippen molar-refractivity contribution in [2.24, 2.45) is 0 Å². The lowest BCUT2D eigenvalue weighted by Gasteiger charge is -2.23. The Morgan fingerprint density at radius 2 is 1.52 bits per heavy atom. The Hall–Kier alpha value is -2.86. The van der Waals surface area contributed by atoms with Crippen molar-refractivity contribution in [3.05, 3.63) is 71.8 Å². The monoisotopic (exact) mass is 398 g/mol. The average Bonchev–Trinajstić information content (AvgIpc) is 2.76. The van der Waals surface area contributed by atoms with Crippen LogP contribution in [-0.2, 0) is 22.4 Å². The van der Waals surface area contributed by atoms with Gasteiger partial charge in [-0.2, -0.15) is 0 Å². The van der Waals surface area contributed by atoms with Crippen LogP contribution in [0.4, 0.5) is 4.79 Å². The number of carbonyl (C=O) groups excluding carboxylic acids is 2. The molecule has 2 aromatic carbocycles. The number of nitrogens with zero attached hydrogens (tertiary/aromatic N) is 1. The number of carbonyl (C=O) groups is 2. The van der Waals surface area contributed by atoms with E-state index in [2.05, 4.69) is 5.32 Å². The Morgan fingerprint density at radius 3 is 2.14 bits per heavy atom. The summed E-state index contributed by atoms with van der Waals surface area (Å²) in [4.78, 5) is 25.9. The molecule has 0 saturated heterocycles. The third kappa shape index (κ3) is 9.25. The molecule has 156 valence electrons. The summed E-state index contributed by atoms with van der Waals surface area (Å²) in [6.07, 6.45) is 2.23. The highest BCUT2D eigenvalue weighted by Crippen LogP contribution is 2.04. The fraction of sp³-hybridized carbons (Fsp3) is 0.391. The number of benzene rings is 2. The van der Waals surface area contributed by atoms with Gasteiger partial charge < -0.3 is 20.1 Å². The van der Waals surface area contributed by atoms with Crippen molar-refractivity contribution < 1.29 is 19.4 Å². The second-order valence-corrected chi connectivity index (χ2v) is 6.74. The lowest BCUT2D eigenvalue weighted by atomic mass is 10.1. The van der Waals surface area contributed by atoms with Crippen LogP contribution in [-0.4, -0.2) is 54.9 Å². The van der Waals surface area contributed by atoms with Gasteiger partial charge in [-0.05, 0) is 30.4 Å². The van der Waals surface area contributed by atoms with Crippen molar-refractivity contribution in [3.8, 4) is 0 Å². The van der Waals surface area contributed by atoms with E-state index in [1.165, 1.54) is 0 Å². The van der Waals surface area contributed by atoms with E-state index in [1.54, 1.807) is 4.90 Å². The number of urea groups is 1. The summed E-state index contributed by atoms with van der Waals surface area (Å²) in [7, 11) is 0. The number of aryl methyl sites for hydroxylation is 1. The van der Waals surface area contributed by atoms with E-state index in [-0.39, 0.29) is 31.8 Å². The molecule has 2 amide bonds. The van der Waals surface area contributed by atoms with E-state index in [1.807, 2.05) is 60.7 Å². The predicted octanol–water partition coefficient (Wildman–Crippen LogP) is 2.80. The van der Waals surface area contributed by atoms with E-state index in [0.717, 1.165) is 17.5 Å². The average molecular weight is 399 g/mol. The zero-order valence-corrected chi connectivity index (χ0v) is 16.8. The number of esters is 1. The van der Waals surface area contributed by atoms with E-state index < -0.39 is 0 Å². The molecule has 0 atom stereocenters. The molecule has 2 N–H and O–H groups in total. The molecular formula is C23H30N2O4. The van der Waals surface area contributed by atoms with Crippen LogP contribution in [0.5, 0.6) is 0 Å². The summed E-state index contributed by atoms with van der Waals surface area (Å²) in [6.45, 7) is 1.48. The zero-order chi connectivity index (χ0) is 20.7. The summed E-state index contributed by atoms with van der Waals surface area (Å²) in [6, 6.07) is 19.5. The Labute approximate surface area is 172 Å². The Morgan fingerprint density at radius 1 is 0.897 bits per heavy atom. The molecule has 0 radical (unpaired) electrons. The number of aliphatic hydroxyl groups excluding tert-OH is 1. The fourth-order valence-corrected chi connectivity index (χ4v) is 2.88. The Balaban J connectivity index is 1.66. The van der Waals surface area contributed by atoms with Gasteiger partial charge in [0, 0.05) is 26.1 Å². The molecule has 6 nitrogen and oxygen atoms in total. The SMILES string of the molecule is O=C(CCc1ccccc1)OCCNC(=O)N(CCCO)CCc1ccccc1. The van der Waals surface area contributed by atoms with E-state index in [4.69, 9.17) is 9.84 Å². The largest absolute Gasteiger partial charge is 0.464 e. The minimum Gasteiger partial charge on any atom is -0.464 e. The van der Waals surface area contributed by atoms with Crippen LogP contribution in [0.1, 0.15) is 24.0 Å². The van der Waals surface area contributed by atoms with E-state index in [0.29, 0.717) is 32.4 Å². The molecule has 0 spiro atoms. The first-order valence-corrected chi connectivity index (χ1v) is 10.1. The number of hydrogen-bond donors (Lipinski definition) is 2. The maximum atomic E-state index is 12.4. The van der Waals surface area contributed by atoms with E-state index in [9.17, 15) is 9.59 Å². The van der Waals surface area contributed by atoms with Crippen molar-refractivity contribution in [3.63, 3.8) is 0 Å². The fourth-order valence-electron chi connectivity index (χ4n) is 2.88. The lowest BCUT2D eigenvalue weighted by Crippen LogP contribution is -2.43. The predicted molar refractivity (Wildman–Crippen MR) is 113 cm³/mol. The molecule has 0 aliphatic rings. The van der Waals surface area contributed by atoms with Gasteiger partial charge in [-0.15, -0.1) is 0 Å². The van der Waals surface area contributed by atoms with Crippen molar-refractivity contribution in [2.75, 3.05) is 32.8 Å². The molecule has 0 fully saturated rings. The van der Waals surface area contributed by atoms with Gasteiger partial charge in [-0.25, -0.2) is 4.79 Å². The maximum Gasteiger partial charge on any atom is 0.317 e. The van der Waals surface area contributed by atoms with Gasteiger partial charge in [0.2, 0.25) is 0 Å². The Kier molecular flexibility index (Phi) is 10.3. The molecule has 0 heterocycles. The van der Waals surface area contributed by atoms with Gasteiger partial charge in [0.25, 0.3) is 0 Å². The molecular weight excluding hydrogens is 368 g/mol. The normalized spacial score (nSPS) is 10.4. The number of aliphatic hydroxyl groups is 1. The highest BCUT2D eigenvalue weighted by atomic mass is 16.5. The van der Waals surface area contributed by atoms with Crippen LogP contribution in [0.2, 0.25) is 0 Å². The standard InChI is InChI=1S/C23H30N2O4/c26-18-7-16-25(17-14-21-10-5-2-6-11-21)23(28)24-15-19-29-22(27)13-12-20-8-3-1-4-9-20/h1-6,8-11,26H,7,12-19H2,(H,24,28). The van der Waals surface area contributed by atoms with E-state index >= 15 is 0 Å². The Bertz CT molecular complexity index is 722. The topological polar surface area (TPSA) is 78.9 Å². The van der Waals surface area contributed by atoms with Gasteiger partial charge in [-0.3, -0.25) is 4.79 Å². The molecule has 0 aliphatic carbocycles. The lowest BCUT2D eigenvalue weighted by molar-refractivity contribution is -0.143. The minimum atomic E-state index is -0.274. The first-order valence-electron chi connectivity index (χ1n) is 10.1. The van der Waals surface area contributed by atoms with Crippen LogP contribution in [0.3, 0.4) is 0 Å². The van der Waals surface area contributed by atoms with Gasteiger partial charge in [-0.1, -0.05) is 60.7 Å². The van der Waals surface area contributed by atoms with Crippen LogP contribution >= 0.6 is 0 Å². The first kappa shape index (κ1) is 22.4. The second kappa shape index (κ2) is 13.3. The van der Waals surface area contributed by atoms with Crippen molar-refractivity contribution in [1.82, 2.24) is 10.2 Å². The van der Waals surface area contributed by atoms with Gasteiger partial charge in [0.05, 0.1) is 6.54 Å². The van der Waals surface area contributed by atoms with Gasteiger partial charge >= 0.3 is 12.0 Å². The van der Waals surface area contributed by atoms with Crippen molar-refractivity contribution in [1.29, 1.82) is 0 Å². The zero-order valence-electron chi connectivity index (χ0n) is 16.8. The third-order valence-corrected chi connectivity index (χ3v) is 4.49. The molecule has 0 unspecified atom stereocenters. The molecule has 2 rings (SSSR count). The number of ether oxygens (including phenoxy) is 1. The smallest absolute Gasteiger partial charge is 0.317 e. The highest BCUT2D eigenvalue weighted by molar-refractivity contribution is 5.74. The molecule has 0 bridgehead atoms. The van der Waals surface area contributed by atoms with Gasteiger partial charge in [0.1, 0.15) is 6.61 Å². The summed E-state index contributed by atoms with van der Waals surface area (Å²) in [5.41, 5.74) is 2.25. The summed E-state index contributed by atoms with van der Waals surface area (Å²) < 4.78 is 5.19. The number of hydrogen-bond acceptors (Lipinski definition) is 4. The molecule has 0 aromatic heterocycles. The van der Waals surface area contributed by atoms with Crippen LogP contribution < -0.4 is 5.32 Å². The summed E-state index contributed by atoms with van der Waals surface area (Å²) >= 11 is 0. The van der Waals surface area contributed by atoms with Crippen molar-refractivity contribution >= 4 is 12.0 Å². The molecule has 6 heteroatoms. The summed E-state index contributed by atoms with van der Waals surface area (Å²) in [5, 5.41) is 11.9. The molecule has 0 saturated carbocycles. The van der Waals surface area contributed by atoms with Gasteiger partial charge in [0.15, 0.2) is 0 Å². The number of rotatable bonds is 12. The minimum absolute atomic E-state index is 0.0359. The van der Waals surface area contributed by atoms with Crippen molar-refractivity contribution in [2.45, 2.75) is 25.7 Å². The number of amides is 2.